The zero-order valence-corrected chi connectivity index (χ0v) is 19.3. The molecular weight excluding hydrogens is 364 g/mol. The van der Waals surface area contributed by atoms with E-state index in [2.05, 4.69) is 0 Å². The van der Waals surface area contributed by atoms with Crippen molar-refractivity contribution in [2.24, 2.45) is 17.3 Å². The van der Waals surface area contributed by atoms with Gasteiger partial charge in [0.05, 0.1) is 23.0 Å². The van der Waals surface area contributed by atoms with Crippen LogP contribution in [0, 0.1) is 17.3 Å². The lowest BCUT2D eigenvalue weighted by molar-refractivity contribution is -0.141. The van der Waals surface area contributed by atoms with Crippen molar-refractivity contribution in [2.75, 3.05) is 0 Å². The van der Waals surface area contributed by atoms with Gasteiger partial charge in [0, 0.05) is 5.92 Å². The molecule has 2 N–H and O–H groups in total. The van der Waals surface area contributed by atoms with E-state index in [1.807, 2.05) is 59.8 Å². The van der Waals surface area contributed by atoms with Crippen molar-refractivity contribution in [2.45, 2.75) is 80.8 Å². The highest BCUT2D eigenvalue weighted by molar-refractivity contribution is 6.03. The summed E-state index contributed by atoms with van der Waals surface area (Å²) in [6, 6.07) is 0. The molecule has 29 heavy (non-hydrogen) atoms. The molecule has 0 radical (unpaired) electrons. The molecule has 4 nitrogen and oxygen atoms in total. The number of hydrogen-bond acceptors (Lipinski definition) is 4. The monoisotopic (exact) mass is 402 g/mol. The molecule has 1 aliphatic carbocycles. The van der Waals surface area contributed by atoms with Crippen LogP contribution >= 0.6 is 0 Å². The minimum atomic E-state index is -1.33. The SMILES string of the molecule is CC(C)=CCC1C(=O)C(CC=C(C)C)(CC=C(C)C)C(O)C(C(=O)C(C)C)=C1O. The molecule has 4 heteroatoms. The summed E-state index contributed by atoms with van der Waals surface area (Å²) in [5, 5.41) is 22.2. The normalized spacial score (nSPS) is 21.1. The topological polar surface area (TPSA) is 74.6 Å². The highest BCUT2D eigenvalue weighted by atomic mass is 16.3. The molecule has 1 rings (SSSR count). The zero-order valence-electron chi connectivity index (χ0n) is 19.3. The van der Waals surface area contributed by atoms with Gasteiger partial charge in [0.1, 0.15) is 5.76 Å². The molecule has 0 saturated carbocycles. The fraction of sp³-hybridized carbons (Fsp3) is 0.600. The Bertz CT molecular complexity index is 730. The van der Waals surface area contributed by atoms with E-state index in [-0.39, 0.29) is 28.8 Å². The second kappa shape index (κ2) is 10.2. The van der Waals surface area contributed by atoms with Gasteiger partial charge < -0.3 is 10.2 Å². The first-order chi connectivity index (χ1) is 13.3. The van der Waals surface area contributed by atoms with Gasteiger partial charge in [-0.25, -0.2) is 0 Å². The number of allylic oxidation sites excluding steroid dienone is 7. The van der Waals surface area contributed by atoms with Gasteiger partial charge in [-0.3, -0.25) is 9.59 Å². The first kappa shape index (κ1) is 25.1. The minimum absolute atomic E-state index is 0.0102. The summed E-state index contributed by atoms with van der Waals surface area (Å²) in [7, 11) is 0. The highest BCUT2D eigenvalue weighted by Crippen LogP contribution is 2.47. The smallest absolute Gasteiger partial charge is 0.167 e. The van der Waals surface area contributed by atoms with Crippen LogP contribution in [0.1, 0.15) is 74.7 Å². The summed E-state index contributed by atoms with van der Waals surface area (Å²) in [5.74, 6) is -1.96. The molecule has 0 saturated heterocycles. The molecule has 0 aliphatic heterocycles. The minimum Gasteiger partial charge on any atom is -0.511 e. The van der Waals surface area contributed by atoms with Crippen molar-refractivity contribution in [3.63, 3.8) is 0 Å². The van der Waals surface area contributed by atoms with E-state index in [9.17, 15) is 19.8 Å². The maximum absolute atomic E-state index is 13.7. The van der Waals surface area contributed by atoms with E-state index in [1.165, 1.54) is 0 Å². The largest absolute Gasteiger partial charge is 0.511 e. The highest BCUT2D eigenvalue weighted by Gasteiger charge is 2.54. The van der Waals surface area contributed by atoms with Gasteiger partial charge in [-0.1, -0.05) is 48.8 Å². The Hall–Kier alpha value is -1.94. The molecule has 0 fully saturated rings. The fourth-order valence-electron chi connectivity index (χ4n) is 3.63. The van der Waals surface area contributed by atoms with Gasteiger partial charge >= 0.3 is 0 Å². The fourth-order valence-corrected chi connectivity index (χ4v) is 3.63. The number of aliphatic hydroxyl groups excluding tert-OH is 2. The molecule has 0 aromatic heterocycles. The van der Waals surface area contributed by atoms with Crippen LogP contribution in [0.15, 0.2) is 46.3 Å². The Labute approximate surface area is 176 Å². The van der Waals surface area contributed by atoms with Crippen LogP contribution in [-0.4, -0.2) is 27.9 Å². The molecule has 0 amide bonds. The summed E-state index contributed by atoms with van der Waals surface area (Å²) in [5.41, 5.74) is 1.96. The summed E-state index contributed by atoms with van der Waals surface area (Å²) in [6.45, 7) is 15.1. The predicted octanol–water partition coefficient (Wildman–Crippen LogP) is 5.64. The molecular formula is C25H38O4. The average Bonchev–Trinajstić information content (AvgIpc) is 2.60. The number of rotatable bonds is 8. The van der Waals surface area contributed by atoms with Crippen LogP contribution in [-0.2, 0) is 9.59 Å². The van der Waals surface area contributed by atoms with Crippen molar-refractivity contribution in [1.82, 2.24) is 0 Å². The first-order valence-electron chi connectivity index (χ1n) is 10.4. The van der Waals surface area contributed by atoms with Gasteiger partial charge in [-0.2, -0.15) is 0 Å². The van der Waals surface area contributed by atoms with Crippen LogP contribution in [0.25, 0.3) is 0 Å². The van der Waals surface area contributed by atoms with Crippen molar-refractivity contribution >= 4 is 11.6 Å². The van der Waals surface area contributed by atoms with Gasteiger partial charge in [0.15, 0.2) is 11.6 Å². The Morgan fingerprint density at radius 3 is 1.79 bits per heavy atom. The van der Waals surface area contributed by atoms with Crippen molar-refractivity contribution < 1.29 is 19.8 Å². The number of hydrogen-bond donors (Lipinski definition) is 2. The Morgan fingerprint density at radius 2 is 1.41 bits per heavy atom. The molecule has 0 heterocycles. The number of Topliss-reactive ketones (excluding diaryl/α,β-unsaturated/α-hetero) is 2. The van der Waals surface area contributed by atoms with Crippen molar-refractivity contribution in [3.8, 4) is 0 Å². The van der Waals surface area contributed by atoms with Gasteiger partial charge in [-0.15, -0.1) is 0 Å². The molecule has 0 bridgehead atoms. The van der Waals surface area contributed by atoms with Gasteiger partial charge in [0.2, 0.25) is 0 Å². The maximum Gasteiger partial charge on any atom is 0.167 e. The summed E-state index contributed by atoms with van der Waals surface area (Å²) in [6.07, 6.45) is 5.42. The lowest BCUT2D eigenvalue weighted by atomic mass is 9.61. The molecule has 0 aromatic carbocycles. The number of carbonyl (C=O) groups excluding carboxylic acids is 2. The number of ketones is 2. The third-order valence-corrected chi connectivity index (χ3v) is 5.51. The Morgan fingerprint density at radius 1 is 0.966 bits per heavy atom. The number of carbonyl (C=O) groups is 2. The molecule has 1 aliphatic rings. The van der Waals surface area contributed by atoms with Crippen molar-refractivity contribution in [3.05, 3.63) is 46.3 Å². The zero-order chi connectivity index (χ0) is 22.5. The lowest BCUT2D eigenvalue weighted by Gasteiger charge is -2.43. The van der Waals surface area contributed by atoms with Crippen LogP contribution in [0.2, 0.25) is 0 Å². The summed E-state index contributed by atoms with van der Waals surface area (Å²) in [4.78, 5) is 26.6. The second-order valence-electron chi connectivity index (χ2n) is 9.28. The van der Waals surface area contributed by atoms with E-state index in [0.717, 1.165) is 16.7 Å². The number of aliphatic hydroxyl groups is 2. The van der Waals surface area contributed by atoms with Gasteiger partial charge in [-0.05, 0) is 60.8 Å². The summed E-state index contributed by atoms with van der Waals surface area (Å²) >= 11 is 0. The van der Waals surface area contributed by atoms with E-state index in [0.29, 0.717) is 19.3 Å². The third-order valence-electron chi connectivity index (χ3n) is 5.51. The predicted molar refractivity (Wildman–Crippen MR) is 119 cm³/mol. The summed E-state index contributed by atoms with van der Waals surface area (Å²) < 4.78 is 0. The van der Waals surface area contributed by atoms with E-state index >= 15 is 0 Å². The van der Waals surface area contributed by atoms with Crippen LogP contribution < -0.4 is 0 Å². The van der Waals surface area contributed by atoms with E-state index in [1.54, 1.807) is 13.8 Å². The Balaban J connectivity index is 3.74. The second-order valence-corrected chi connectivity index (χ2v) is 9.28. The molecule has 162 valence electrons. The molecule has 0 spiro atoms. The standard InChI is InChI=1S/C25H38O4/c1-15(2)9-10-19-22(27)20(21(26)18(7)8)24(29)25(23(19)28,13-11-16(3)4)14-12-17(5)6/h9,11-12,18-19,24,27,29H,10,13-14H2,1-8H3. The first-order valence-corrected chi connectivity index (χ1v) is 10.4. The maximum atomic E-state index is 13.7. The average molecular weight is 403 g/mol. The third kappa shape index (κ3) is 5.79. The molecule has 0 aromatic rings. The quantitative estimate of drug-likeness (QED) is 0.515. The van der Waals surface area contributed by atoms with Crippen LogP contribution in [0.3, 0.4) is 0 Å². The lowest BCUT2D eigenvalue weighted by Crippen LogP contribution is -2.52. The Kier molecular flexibility index (Phi) is 8.83. The van der Waals surface area contributed by atoms with E-state index in [4.69, 9.17) is 0 Å². The van der Waals surface area contributed by atoms with E-state index < -0.39 is 17.4 Å². The van der Waals surface area contributed by atoms with Gasteiger partial charge in [0.25, 0.3) is 0 Å². The van der Waals surface area contributed by atoms with Crippen molar-refractivity contribution in [1.29, 1.82) is 0 Å². The molecule has 2 unspecified atom stereocenters. The van der Waals surface area contributed by atoms with Crippen LogP contribution in [0.5, 0.6) is 0 Å². The molecule has 2 atom stereocenters. The van der Waals surface area contributed by atoms with Crippen LogP contribution in [0.4, 0.5) is 0 Å².